The van der Waals surface area contributed by atoms with Crippen LogP contribution in [0.2, 0.25) is 0 Å². The number of nitrogens with one attached hydrogen (secondary N) is 1. The van der Waals surface area contributed by atoms with Crippen LogP contribution in [-0.4, -0.2) is 22.6 Å². The molecule has 0 aliphatic rings. The minimum absolute atomic E-state index is 0.182. The second kappa shape index (κ2) is 5.17. The average Bonchev–Trinajstić information content (AvgIpc) is 2.20. The van der Waals surface area contributed by atoms with Crippen LogP contribution < -0.4 is 16.7 Å². The van der Waals surface area contributed by atoms with Crippen LogP contribution in [-0.2, 0) is 7.05 Å². The Labute approximate surface area is 88.3 Å². The molecule has 5 nitrogen and oxygen atoms in total. The Balaban J connectivity index is 2.89. The van der Waals surface area contributed by atoms with Crippen molar-refractivity contribution in [3.8, 4) is 11.8 Å². The Kier molecular flexibility index (Phi) is 3.89. The van der Waals surface area contributed by atoms with Crippen LogP contribution >= 0.6 is 0 Å². The number of hydrogen-bond donors (Lipinski definition) is 2. The third kappa shape index (κ3) is 3.11. The predicted molar refractivity (Wildman–Crippen MR) is 59.3 cm³/mol. The summed E-state index contributed by atoms with van der Waals surface area (Å²) in [4.78, 5) is 14.7. The third-order valence-electron chi connectivity index (χ3n) is 1.80. The van der Waals surface area contributed by atoms with Gasteiger partial charge in [0.2, 0.25) is 0 Å². The van der Waals surface area contributed by atoms with Gasteiger partial charge in [0.1, 0.15) is 5.82 Å². The van der Waals surface area contributed by atoms with Crippen molar-refractivity contribution < 1.29 is 0 Å². The molecule has 3 N–H and O–H groups in total. The quantitative estimate of drug-likeness (QED) is 0.497. The van der Waals surface area contributed by atoms with Gasteiger partial charge in [0.05, 0.1) is 12.1 Å². The summed E-state index contributed by atoms with van der Waals surface area (Å²) in [6, 6.07) is 0. The lowest BCUT2D eigenvalue weighted by molar-refractivity contribution is 0.807. The zero-order valence-corrected chi connectivity index (χ0v) is 8.87. The van der Waals surface area contributed by atoms with Crippen LogP contribution in [0.4, 0.5) is 5.82 Å². The van der Waals surface area contributed by atoms with E-state index in [-0.39, 0.29) is 11.5 Å². The Morgan fingerprint density at radius 3 is 3.07 bits per heavy atom. The van der Waals surface area contributed by atoms with Gasteiger partial charge in [-0.15, -0.1) is 0 Å². The van der Waals surface area contributed by atoms with E-state index in [2.05, 4.69) is 22.1 Å². The number of nitrogen functional groups attached to an aromatic ring is 1. The molecule has 0 aliphatic heterocycles. The molecular formula is C10H14N4O. The monoisotopic (exact) mass is 206 g/mol. The largest absolute Gasteiger partial charge is 0.382 e. The van der Waals surface area contributed by atoms with Gasteiger partial charge in [0, 0.05) is 13.2 Å². The van der Waals surface area contributed by atoms with E-state index in [1.807, 2.05) is 6.92 Å². The van der Waals surface area contributed by atoms with Gasteiger partial charge in [0.15, 0.2) is 0 Å². The summed E-state index contributed by atoms with van der Waals surface area (Å²) < 4.78 is 1.35. The number of nitrogens with two attached hydrogens (primary N) is 1. The molecular weight excluding hydrogens is 192 g/mol. The van der Waals surface area contributed by atoms with Crippen molar-refractivity contribution in [3.63, 3.8) is 0 Å². The van der Waals surface area contributed by atoms with Crippen molar-refractivity contribution in [3.05, 3.63) is 22.2 Å². The molecule has 0 aromatic carbocycles. The topological polar surface area (TPSA) is 72.9 Å². The number of aromatic nitrogens is 2. The Morgan fingerprint density at radius 1 is 1.67 bits per heavy atom. The summed E-state index contributed by atoms with van der Waals surface area (Å²) in [5, 5.41) is 3.06. The highest BCUT2D eigenvalue weighted by atomic mass is 16.1. The predicted octanol–water partition coefficient (Wildman–Crippen LogP) is -0.676. The number of nitrogens with zero attached hydrogens (tertiary/aromatic N) is 2. The first kappa shape index (κ1) is 11.3. The van der Waals surface area contributed by atoms with E-state index >= 15 is 0 Å². The highest BCUT2D eigenvalue weighted by molar-refractivity contribution is 5.48. The summed E-state index contributed by atoms with van der Waals surface area (Å²) in [7, 11) is 1.62. The van der Waals surface area contributed by atoms with E-state index in [0.717, 1.165) is 6.54 Å². The van der Waals surface area contributed by atoms with Gasteiger partial charge in [-0.25, -0.2) is 4.79 Å². The van der Waals surface area contributed by atoms with Gasteiger partial charge < -0.3 is 15.6 Å². The van der Waals surface area contributed by atoms with Crippen LogP contribution in [0.25, 0.3) is 0 Å². The van der Waals surface area contributed by atoms with Crippen LogP contribution in [0.1, 0.15) is 12.5 Å². The second-order valence-electron chi connectivity index (χ2n) is 3.02. The number of rotatable bonds is 2. The van der Waals surface area contributed by atoms with Gasteiger partial charge in [-0.2, -0.15) is 4.98 Å². The van der Waals surface area contributed by atoms with Gasteiger partial charge in [-0.1, -0.05) is 18.8 Å². The van der Waals surface area contributed by atoms with Crippen LogP contribution in [0.15, 0.2) is 11.0 Å². The maximum atomic E-state index is 11.1. The molecule has 0 atom stereocenters. The smallest absolute Gasteiger partial charge is 0.349 e. The van der Waals surface area contributed by atoms with Crippen LogP contribution in [0, 0.1) is 11.8 Å². The van der Waals surface area contributed by atoms with E-state index < -0.39 is 0 Å². The lowest BCUT2D eigenvalue weighted by atomic mass is 10.3. The molecule has 5 heteroatoms. The third-order valence-corrected chi connectivity index (χ3v) is 1.80. The number of aryl methyl sites for hydroxylation is 1. The molecule has 0 bridgehead atoms. The van der Waals surface area contributed by atoms with Crippen molar-refractivity contribution in [2.75, 3.05) is 18.8 Å². The average molecular weight is 206 g/mol. The maximum Gasteiger partial charge on any atom is 0.349 e. The molecule has 0 unspecified atom stereocenters. The molecule has 0 aliphatic carbocycles. The fraction of sp³-hybridized carbons (Fsp3) is 0.400. The van der Waals surface area contributed by atoms with Gasteiger partial charge in [-0.05, 0) is 6.54 Å². The summed E-state index contributed by atoms with van der Waals surface area (Å²) in [6.45, 7) is 3.47. The second-order valence-corrected chi connectivity index (χ2v) is 3.02. The molecule has 1 heterocycles. The van der Waals surface area contributed by atoms with E-state index in [1.54, 1.807) is 13.2 Å². The standard InChI is InChI=1S/C10H14N4O/c1-3-12-6-4-5-8-7-14(2)10(15)13-9(8)11/h7,12H,3,6H2,1-2H3,(H2,11,13,15). The first-order chi connectivity index (χ1) is 7.15. The highest BCUT2D eigenvalue weighted by Gasteiger charge is 1.99. The van der Waals surface area contributed by atoms with Crippen molar-refractivity contribution in [2.24, 2.45) is 7.05 Å². The molecule has 1 rings (SSSR count). The van der Waals surface area contributed by atoms with E-state index in [4.69, 9.17) is 5.73 Å². The minimum Gasteiger partial charge on any atom is -0.382 e. The lowest BCUT2D eigenvalue weighted by Gasteiger charge is -1.99. The van der Waals surface area contributed by atoms with Crippen molar-refractivity contribution in [2.45, 2.75) is 6.92 Å². The lowest BCUT2D eigenvalue weighted by Crippen LogP contribution is -2.21. The fourth-order valence-corrected chi connectivity index (χ4v) is 0.980. The highest BCUT2D eigenvalue weighted by Crippen LogP contribution is 2.00. The Hall–Kier alpha value is -1.80. The van der Waals surface area contributed by atoms with Crippen LogP contribution in [0.3, 0.4) is 0 Å². The summed E-state index contributed by atoms with van der Waals surface area (Å²) >= 11 is 0. The fourth-order valence-electron chi connectivity index (χ4n) is 0.980. The molecule has 0 spiro atoms. The molecule has 15 heavy (non-hydrogen) atoms. The van der Waals surface area contributed by atoms with E-state index in [1.165, 1.54) is 4.57 Å². The first-order valence-electron chi connectivity index (χ1n) is 4.68. The molecule has 1 aromatic rings. The zero-order valence-electron chi connectivity index (χ0n) is 8.87. The minimum atomic E-state index is -0.371. The van der Waals surface area contributed by atoms with Gasteiger partial charge >= 0.3 is 5.69 Å². The molecule has 0 saturated carbocycles. The molecule has 1 aromatic heterocycles. The summed E-state index contributed by atoms with van der Waals surface area (Å²) in [5.74, 6) is 5.93. The van der Waals surface area contributed by atoms with E-state index in [0.29, 0.717) is 12.1 Å². The molecule has 0 saturated heterocycles. The number of hydrogen-bond acceptors (Lipinski definition) is 4. The Morgan fingerprint density at radius 2 is 2.40 bits per heavy atom. The van der Waals surface area contributed by atoms with Crippen LogP contribution in [0.5, 0.6) is 0 Å². The molecule has 0 radical (unpaired) electrons. The van der Waals surface area contributed by atoms with Gasteiger partial charge in [-0.3, -0.25) is 0 Å². The molecule has 0 amide bonds. The van der Waals surface area contributed by atoms with Crippen molar-refractivity contribution in [1.29, 1.82) is 0 Å². The SMILES string of the molecule is CCNCC#Cc1cn(C)c(=O)nc1N. The molecule has 80 valence electrons. The molecule has 0 fully saturated rings. The normalized spacial score (nSPS) is 9.47. The maximum absolute atomic E-state index is 11.1. The number of anilines is 1. The first-order valence-corrected chi connectivity index (χ1v) is 4.68. The summed E-state index contributed by atoms with van der Waals surface area (Å²) in [5.41, 5.74) is 5.77. The Bertz CT molecular complexity index is 453. The van der Waals surface area contributed by atoms with Crippen molar-refractivity contribution in [1.82, 2.24) is 14.9 Å². The van der Waals surface area contributed by atoms with E-state index in [9.17, 15) is 4.79 Å². The van der Waals surface area contributed by atoms with Gasteiger partial charge in [0.25, 0.3) is 0 Å². The van der Waals surface area contributed by atoms with Crippen molar-refractivity contribution >= 4 is 5.82 Å². The zero-order chi connectivity index (χ0) is 11.3. The summed E-state index contributed by atoms with van der Waals surface area (Å²) in [6.07, 6.45) is 1.59.